The molecule has 0 bridgehead atoms. The second-order valence-corrected chi connectivity index (χ2v) is 3.56. The molecule has 0 heterocycles. The summed E-state index contributed by atoms with van der Waals surface area (Å²) in [5.41, 5.74) is 9.16. The van der Waals surface area contributed by atoms with Crippen LogP contribution < -0.4 is 5.73 Å². The van der Waals surface area contributed by atoms with Gasteiger partial charge in [0.05, 0.1) is 0 Å². The average molecular weight is 201 g/mol. The SMILES string of the molecule is CC.Cc1cc(C)c2ccc(N)cc2c1. The molecule has 0 spiro atoms. The van der Waals surface area contributed by atoms with Crippen molar-refractivity contribution in [3.8, 4) is 0 Å². The second kappa shape index (κ2) is 4.83. The van der Waals surface area contributed by atoms with Gasteiger partial charge in [0.15, 0.2) is 0 Å². The minimum atomic E-state index is 0.831. The van der Waals surface area contributed by atoms with E-state index in [4.69, 9.17) is 5.73 Å². The van der Waals surface area contributed by atoms with Gasteiger partial charge in [0, 0.05) is 5.69 Å². The van der Waals surface area contributed by atoms with Gasteiger partial charge < -0.3 is 5.73 Å². The summed E-state index contributed by atoms with van der Waals surface area (Å²) in [5, 5.41) is 2.53. The van der Waals surface area contributed by atoms with Crippen LogP contribution in [0.3, 0.4) is 0 Å². The van der Waals surface area contributed by atoms with Crippen LogP contribution in [-0.4, -0.2) is 0 Å². The molecule has 2 N–H and O–H groups in total. The number of nitrogens with two attached hydrogens (primary N) is 1. The monoisotopic (exact) mass is 201 g/mol. The van der Waals surface area contributed by atoms with Gasteiger partial charge in [0.2, 0.25) is 0 Å². The summed E-state index contributed by atoms with van der Waals surface area (Å²) in [7, 11) is 0. The summed E-state index contributed by atoms with van der Waals surface area (Å²) in [6.45, 7) is 8.24. The normalized spacial score (nSPS) is 9.60. The van der Waals surface area contributed by atoms with E-state index >= 15 is 0 Å². The molecule has 15 heavy (non-hydrogen) atoms. The summed E-state index contributed by atoms with van der Waals surface area (Å²) < 4.78 is 0. The molecule has 0 saturated heterocycles. The van der Waals surface area contributed by atoms with Gasteiger partial charge >= 0.3 is 0 Å². The quantitative estimate of drug-likeness (QED) is 0.639. The molecule has 0 aliphatic carbocycles. The first-order chi connectivity index (χ1) is 7.16. The largest absolute Gasteiger partial charge is 0.399 e. The van der Waals surface area contributed by atoms with Gasteiger partial charge in [-0.1, -0.05) is 37.6 Å². The number of aryl methyl sites for hydroxylation is 2. The van der Waals surface area contributed by atoms with Gasteiger partial charge in [-0.2, -0.15) is 0 Å². The molecule has 0 saturated carbocycles. The maximum atomic E-state index is 5.72. The zero-order valence-electron chi connectivity index (χ0n) is 9.96. The summed E-state index contributed by atoms with van der Waals surface area (Å²) in [4.78, 5) is 0. The highest BCUT2D eigenvalue weighted by atomic mass is 14.5. The Hall–Kier alpha value is -1.50. The van der Waals surface area contributed by atoms with Crippen LogP contribution in [0.2, 0.25) is 0 Å². The molecule has 0 radical (unpaired) electrons. The Bertz CT molecular complexity index is 453. The van der Waals surface area contributed by atoms with E-state index in [2.05, 4.69) is 32.0 Å². The lowest BCUT2D eigenvalue weighted by molar-refractivity contribution is 1.43. The molecular weight excluding hydrogens is 182 g/mol. The van der Waals surface area contributed by atoms with Crippen LogP contribution in [0.25, 0.3) is 10.8 Å². The number of hydrogen-bond donors (Lipinski definition) is 1. The first-order valence-electron chi connectivity index (χ1n) is 5.43. The van der Waals surface area contributed by atoms with Crippen molar-refractivity contribution in [2.24, 2.45) is 0 Å². The van der Waals surface area contributed by atoms with Crippen molar-refractivity contribution < 1.29 is 0 Å². The van der Waals surface area contributed by atoms with E-state index in [0.29, 0.717) is 0 Å². The van der Waals surface area contributed by atoms with E-state index in [0.717, 1.165) is 5.69 Å². The third-order valence-electron chi connectivity index (χ3n) is 2.33. The lowest BCUT2D eigenvalue weighted by Gasteiger charge is -2.04. The van der Waals surface area contributed by atoms with Gasteiger partial charge in [0.1, 0.15) is 0 Å². The predicted octanol–water partition coefficient (Wildman–Crippen LogP) is 4.07. The number of hydrogen-bond acceptors (Lipinski definition) is 1. The van der Waals surface area contributed by atoms with Gasteiger partial charge in [0.25, 0.3) is 0 Å². The highest BCUT2D eigenvalue weighted by Crippen LogP contribution is 2.22. The minimum absolute atomic E-state index is 0.831. The summed E-state index contributed by atoms with van der Waals surface area (Å²) in [6, 6.07) is 10.4. The lowest BCUT2D eigenvalue weighted by atomic mass is 10.0. The van der Waals surface area contributed by atoms with Gasteiger partial charge in [-0.25, -0.2) is 0 Å². The molecule has 0 atom stereocenters. The zero-order valence-corrected chi connectivity index (χ0v) is 9.96. The Balaban J connectivity index is 0.000000531. The van der Waals surface area contributed by atoms with E-state index in [-0.39, 0.29) is 0 Å². The summed E-state index contributed by atoms with van der Waals surface area (Å²) in [5.74, 6) is 0. The van der Waals surface area contributed by atoms with Crippen LogP contribution >= 0.6 is 0 Å². The zero-order chi connectivity index (χ0) is 11.4. The Morgan fingerprint density at radius 1 is 0.933 bits per heavy atom. The number of rotatable bonds is 0. The summed E-state index contributed by atoms with van der Waals surface area (Å²) >= 11 is 0. The molecule has 0 unspecified atom stereocenters. The molecular formula is C14H19N. The molecule has 80 valence electrons. The number of anilines is 1. The molecule has 0 fully saturated rings. The van der Waals surface area contributed by atoms with Crippen LogP contribution in [0.4, 0.5) is 5.69 Å². The van der Waals surface area contributed by atoms with Crippen molar-refractivity contribution in [2.75, 3.05) is 5.73 Å². The highest BCUT2D eigenvalue weighted by molar-refractivity contribution is 5.88. The van der Waals surface area contributed by atoms with Crippen molar-refractivity contribution in [1.29, 1.82) is 0 Å². The Kier molecular flexibility index (Phi) is 3.73. The van der Waals surface area contributed by atoms with Crippen molar-refractivity contribution in [3.63, 3.8) is 0 Å². The number of nitrogen functional groups attached to an aromatic ring is 1. The number of benzene rings is 2. The van der Waals surface area contributed by atoms with Crippen LogP contribution in [0.5, 0.6) is 0 Å². The Labute approximate surface area is 91.9 Å². The third kappa shape index (κ3) is 2.50. The minimum Gasteiger partial charge on any atom is -0.399 e. The van der Waals surface area contributed by atoms with Crippen molar-refractivity contribution in [2.45, 2.75) is 27.7 Å². The maximum Gasteiger partial charge on any atom is 0.0320 e. The molecule has 2 aromatic carbocycles. The van der Waals surface area contributed by atoms with E-state index in [1.165, 1.54) is 21.9 Å². The van der Waals surface area contributed by atoms with E-state index in [9.17, 15) is 0 Å². The molecule has 1 heteroatoms. The topological polar surface area (TPSA) is 26.0 Å². The highest BCUT2D eigenvalue weighted by Gasteiger charge is 1.98. The van der Waals surface area contributed by atoms with Crippen molar-refractivity contribution in [3.05, 3.63) is 41.5 Å². The number of fused-ring (bicyclic) bond motifs is 1. The smallest absolute Gasteiger partial charge is 0.0320 e. The van der Waals surface area contributed by atoms with E-state index in [1.54, 1.807) is 0 Å². The fourth-order valence-electron chi connectivity index (χ4n) is 1.77. The maximum absolute atomic E-state index is 5.72. The molecule has 2 aromatic rings. The van der Waals surface area contributed by atoms with Crippen LogP contribution in [0.1, 0.15) is 25.0 Å². The van der Waals surface area contributed by atoms with Crippen LogP contribution in [0, 0.1) is 13.8 Å². The Morgan fingerprint density at radius 2 is 1.60 bits per heavy atom. The van der Waals surface area contributed by atoms with Crippen molar-refractivity contribution in [1.82, 2.24) is 0 Å². The molecule has 1 nitrogen and oxygen atoms in total. The fraction of sp³-hybridized carbons (Fsp3) is 0.286. The van der Waals surface area contributed by atoms with Crippen molar-refractivity contribution >= 4 is 16.5 Å². The first-order valence-corrected chi connectivity index (χ1v) is 5.43. The third-order valence-corrected chi connectivity index (χ3v) is 2.33. The molecule has 2 rings (SSSR count). The van der Waals surface area contributed by atoms with E-state index in [1.807, 2.05) is 26.0 Å². The van der Waals surface area contributed by atoms with Crippen LogP contribution in [-0.2, 0) is 0 Å². The van der Waals surface area contributed by atoms with E-state index < -0.39 is 0 Å². The average Bonchev–Trinajstić information content (AvgIpc) is 2.19. The first kappa shape index (κ1) is 11.6. The molecule has 0 amide bonds. The second-order valence-electron chi connectivity index (χ2n) is 3.56. The molecule has 0 aliphatic heterocycles. The Morgan fingerprint density at radius 3 is 2.27 bits per heavy atom. The molecule has 0 aromatic heterocycles. The fourth-order valence-corrected chi connectivity index (χ4v) is 1.77. The molecule has 0 aliphatic rings. The van der Waals surface area contributed by atoms with Gasteiger partial charge in [-0.3, -0.25) is 0 Å². The van der Waals surface area contributed by atoms with Gasteiger partial charge in [-0.05, 0) is 42.3 Å². The summed E-state index contributed by atoms with van der Waals surface area (Å²) in [6.07, 6.45) is 0. The standard InChI is InChI=1S/C12H13N.C2H6/c1-8-5-9(2)12-4-3-11(13)7-10(12)6-8;1-2/h3-7H,13H2,1-2H3;1-2H3. The lowest BCUT2D eigenvalue weighted by Crippen LogP contribution is -1.86. The van der Waals surface area contributed by atoms with Crippen LogP contribution in [0.15, 0.2) is 30.3 Å². The van der Waals surface area contributed by atoms with Gasteiger partial charge in [-0.15, -0.1) is 0 Å². The predicted molar refractivity (Wildman–Crippen MR) is 69.2 cm³/mol.